The molecule has 3 rings (SSSR count). The van der Waals surface area contributed by atoms with E-state index in [1.165, 1.54) is 21.1 Å². The third kappa shape index (κ3) is 6.23. The maximum absolute atomic E-state index is 13.2. The molecule has 0 aliphatic carbocycles. The van der Waals surface area contributed by atoms with Crippen LogP contribution in [0.4, 0.5) is 27.8 Å². The molecule has 0 radical (unpaired) electrons. The summed E-state index contributed by atoms with van der Waals surface area (Å²) in [6.07, 6.45) is 1.98. The van der Waals surface area contributed by atoms with Gasteiger partial charge in [-0.25, -0.2) is 18.7 Å². The minimum atomic E-state index is -3.92. The normalized spacial score (nSPS) is 12.6. The molecule has 13 nitrogen and oxygen atoms in total. The maximum atomic E-state index is 13.2. The monoisotopic (exact) mass is 528 g/mol. The van der Waals surface area contributed by atoms with Crippen LogP contribution in [-0.2, 0) is 10.2 Å². The zero-order valence-corrected chi connectivity index (χ0v) is 21.5. The Morgan fingerprint density at radius 2 is 1.80 bits per heavy atom. The molecule has 35 heavy (non-hydrogen) atoms. The van der Waals surface area contributed by atoms with Gasteiger partial charge in [-0.05, 0) is 20.8 Å². The number of nitrogens with one attached hydrogen (secondary N) is 3. The fraction of sp³-hybridized carbons (Fsp3) is 0.421. The molecule has 3 aromatic rings. The lowest BCUT2D eigenvalue weighted by Gasteiger charge is -2.24. The Balaban J connectivity index is 2.01. The Morgan fingerprint density at radius 1 is 1.14 bits per heavy atom. The topological polar surface area (TPSA) is 154 Å². The van der Waals surface area contributed by atoms with Crippen molar-refractivity contribution < 1.29 is 17.5 Å². The highest BCUT2D eigenvalue weighted by Gasteiger charge is 2.27. The summed E-state index contributed by atoms with van der Waals surface area (Å²) in [4.78, 5) is 16.6. The van der Waals surface area contributed by atoms with Gasteiger partial charge in [0, 0.05) is 27.2 Å². The molecule has 0 saturated heterocycles. The predicted molar refractivity (Wildman–Crippen MR) is 130 cm³/mol. The first kappa shape index (κ1) is 26.3. The van der Waals surface area contributed by atoms with E-state index in [1.54, 1.807) is 13.0 Å². The van der Waals surface area contributed by atoms with Gasteiger partial charge in [0.05, 0.1) is 24.5 Å². The molecule has 0 spiro atoms. The van der Waals surface area contributed by atoms with Crippen LogP contribution in [0.3, 0.4) is 0 Å². The fourth-order valence-electron chi connectivity index (χ4n) is 2.75. The fourth-order valence-corrected chi connectivity index (χ4v) is 3.90. The van der Waals surface area contributed by atoms with Crippen molar-refractivity contribution in [3.63, 3.8) is 0 Å². The summed E-state index contributed by atoms with van der Waals surface area (Å²) >= 11 is 6.53. The number of ether oxygens (including phenoxy) is 1. The van der Waals surface area contributed by atoms with E-state index in [0.29, 0.717) is 11.7 Å². The molecule has 0 aromatic carbocycles. The second-order valence-corrected chi connectivity index (χ2v) is 10.4. The van der Waals surface area contributed by atoms with Crippen molar-refractivity contribution in [2.75, 3.05) is 36.1 Å². The molecule has 0 saturated carbocycles. The lowest BCUT2D eigenvalue weighted by molar-refractivity contribution is 0.232. The zero-order chi connectivity index (χ0) is 25.9. The summed E-state index contributed by atoms with van der Waals surface area (Å²) in [5.41, 5.74) is 0. The Hall–Kier alpha value is -3.30. The molecule has 16 heteroatoms. The molecule has 3 N–H and O–H groups in total. The first-order valence-corrected chi connectivity index (χ1v) is 12.1. The van der Waals surface area contributed by atoms with E-state index in [0.717, 1.165) is 21.0 Å². The average Bonchev–Trinajstić information content (AvgIpc) is 3.21. The number of hydrogen-bond donors (Lipinski definition) is 3. The third-order valence-corrected chi connectivity index (χ3v) is 6.61. The first-order valence-electron chi connectivity index (χ1n) is 10.4. The molecule has 3 heterocycles. The number of aromatic amines is 1. The van der Waals surface area contributed by atoms with Gasteiger partial charge in [0.1, 0.15) is 16.7 Å². The lowest BCUT2D eigenvalue weighted by Crippen LogP contribution is -2.38. The highest BCUT2D eigenvalue weighted by molar-refractivity contribution is 7.90. The van der Waals surface area contributed by atoms with Crippen molar-refractivity contribution in [1.82, 2.24) is 34.4 Å². The van der Waals surface area contributed by atoms with Crippen molar-refractivity contribution >= 4 is 45.2 Å². The molecule has 0 aliphatic heterocycles. The molecule has 0 bridgehead atoms. The highest BCUT2D eigenvalue weighted by atomic mass is 35.5. The number of rotatable bonds is 10. The van der Waals surface area contributed by atoms with Crippen LogP contribution in [-0.4, -0.2) is 70.1 Å². The molecular formula is C19H26ClFN10O3S. The van der Waals surface area contributed by atoms with Crippen LogP contribution < -0.4 is 19.7 Å². The minimum Gasteiger partial charge on any atom is -0.474 e. The van der Waals surface area contributed by atoms with Gasteiger partial charge in [-0.15, -0.1) is 5.10 Å². The number of halogens is 2. The smallest absolute Gasteiger partial charge is 0.304 e. The van der Waals surface area contributed by atoms with Crippen molar-refractivity contribution in [3.8, 4) is 5.88 Å². The van der Waals surface area contributed by atoms with Gasteiger partial charge in [0.15, 0.2) is 17.5 Å². The molecule has 0 fully saturated rings. The highest BCUT2D eigenvalue weighted by Crippen LogP contribution is 2.34. The van der Waals surface area contributed by atoms with Crippen LogP contribution in [0.25, 0.3) is 0 Å². The van der Waals surface area contributed by atoms with Crippen molar-refractivity contribution in [2.24, 2.45) is 0 Å². The van der Waals surface area contributed by atoms with Crippen LogP contribution in [0.15, 0.2) is 18.5 Å². The summed E-state index contributed by atoms with van der Waals surface area (Å²) < 4.78 is 46.2. The van der Waals surface area contributed by atoms with Crippen LogP contribution in [0.5, 0.6) is 5.88 Å². The summed E-state index contributed by atoms with van der Waals surface area (Å²) in [5.74, 6) is 0.462. The van der Waals surface area contributed by atoms with E-state index in [2.05, 4.69) is 40.8 Å². The molecule has 0 amide bonds. The predicted octanol–water partition coefficient (Wildman–Crippen LogP) is 2.73. The van der Waals surface area contributed by atoms with Gasteiger partial charge in [0.25, 0.3) is 0 Å². The van der Waals surface area contributed by atoms with Crippen molar-refractivity contribution in [1.29, 1.82) is 0 Å². The van der Waals surface area contributed by atoms with Crippen LogP contribution >= 0.6 is 11.6 Å². The molecule has 0 unspecified atom stereocenters. The number of aromatic nitrogens is 6. The van der Waals surface area contributed by atoms with Crippen LogP contribution in [0, 0.1) is 5.82 Å². The molecule has 0 aliphatic rings. The molecular weight excluding hydrogens is 503 g/mol. The number of hydrogen-bond acceptors (Lipinski definition) is 10. The van der Waals surface area contributed by atoms with Gasteiger partial charge >= 0.3 is 10.2 Å². The second kappa shape index (κ2) is 10.5. The Kier molecular flexibility index (Phi) is 7.92. The van der Waals surface area contributed by atoms with Gasteiger partial charge in [-0.2, -0.15) is 22.7 Å². The Morgan fingerprint density at radius 3 is 2.40 bits per heavy atom. The van der Waals surface area contributed by atoms with Gasteiger partial charge < -0.3 is 15.4 Å². The number of anilines is 4. The van der Waals surface area contributed by atoms with E-state index < -0.39 is 22.1 Å². The van der Waals surface area contributed by atoms with E-state index in [4.69, 9.17) is 16.3 Å². The zero-order valence-electron chi connectivity index (χ0n) is 19.9. The molecule has 3 aromatic heterocycles. The summed E-state index contributed by atoms with van der Waals surface area (Å²) in [6.45, 7) is 5.43. The lowest BCUT2D eigenvalue weighted by atomic mass is 10.3. The van der Waals surface area contributed by atoms with Crippen LogP contribution in [0.2, 0.25) is 5.02 Å². The van der Waals surface area contributed by atoms with E-state index in [1.807, 2.05) is 13.8 Å². The average molecular weight is 529 g/mol. The SMILES string of the molecule is CC(C)Oc1cc(Nc2nc(N[C@@H](C)c3ncc(F)cn3)nc(N(C)S(=O)(=O)N(C)C)c2Cl)[nH]n1. The van der Waals surface area contributed by atoms with Gasteiger partial charge in [0.2, 0.25) is 11.8 Å². The largest absolute Gasteiger partial charge is 0.474 e. The Labute approximate surface area is 207 Å². The summed E-state index contributed by atoms with van der Waals surface area (Å²) in [5, 5.41) is 12.7. The van der Waals surface area contributed by atoms with E-state index >= 15 is 0 Å². The minimum absolute atomic E-state index is 0.0197. The van der Waals surface area contributed by atoms with Gasteiger partial charge in [-0.1, -0.05) is 11.6 Å². The van der Waals surface area contributed by atoms with Crippen LogP contribution in [0.1, 0.15) is 32.6 Å². The molecule has 1 atom stereocenters. The third-order valence-electron chi connectivity index (χ3n) is 4.48. The Bertz CT molecular complexity index is 1270. The van der Waals surface area contributed by atoms with Gasteiger partial charge in [-0.3, -0.25) is 5.10 Å². The standard InChI is InChI=1S/C19H26ClFN10O3S/c1-10(2)34-14-7-13(28-29-14)25-17-15(20)18(31(6)35(32,33)30(4)5)27-19(26-17)24-11(3)16-22-8-12(21)9-23-16/h7-11H,1-6H3,(H3,24,25,26,27,28,29)/t11-/m0/s1. The first-order chi connectivity index (χ1) is 16.4. The number of H-pyrrole nitrogens is 1. The van der Waals surface area contributed by atoms with E-state index in [-0.39, 0.29) is 34.5 Å². The van der Waals surface area contributed by atoms with Crippen molar-refractivity contribution in [2.45, 2.75) is 32.9 Å². The quantitative estimate of drug-likeness (QED) is 0.357. The summed E-state index contributed by atoms with van der Waals surface area (Å²) in [6, 6.07) is 1.05. The number of nitrogens with zero attached hydrogens (tertiary/aromatic N) is 7. The second-order valence-electron chi connectivity index (χ2n) is 7.83. The van der Waals surface area contributed by atoms with E-state index in [9.17, 15) is 12.8 Å². The molecule has 190 valence electrons. The van der Waals surface area contributed by atoms with Crippen molar-refractivity contribution in [3.05, 3.63) is 35.1 Å². The maximum Gasteiger partial charge on any atom is 0.304 e. The summed E-state index contributed by atoms with van der Waals surface area (Å²) in [7, 11) is 0.156.